The van der Waals surface area contributed by atoms with Gasteiger partial charge in [-0.1, -0.05) is 5.10 Å². The van der Waals surface area contributed by atoms with Crippen LogP contribution in [0.1, 0.15) is 5.69 Å². The number of hydrogen-bond acceptors (Lipinski definition) is 4. The number of tetrazole rings is 1. The van der Waals surface area contributed by atoms with E-state index in [1.54, 1.807) is 29.9 Å². The predicted octanol–water partition coefficient (Wildman–Crippen LogP) is -0.128. The molecule has 0 aliphatic heterocycles. The van der Waals surface area contributed by atoms with E-state index < -0.39 is 0 Å². The van der Waals surface area contributed by atoms with Gasteiger partial charge in [-0.3, -0.25) is 4.57 Å². The summed E-state index contributed by atoms with van der Waals surface area (Å²) in [6.45, 7) is 0. The Hall–Kier alpha value is -2.16. The Bertz CT molecular complexity index is 459. The Balaban J connectivity index is 2.60. The van der Waals surface area contributed by atoms with Gasteiger partial charge in [-0.25, -0.2) is 4.68 Å². The largest absolute Gasteiger partial charge is 0.275 e. The first-order valence-electron chi connectivity index (χ1n) is 3.63. The third-order valence-electron chi connectivity index (χ3n) is 1.68. The number of rotatable bonds is 1. The molecule has 0 radical (unpaired) electrons. The van der Waals surface area contributed by atoms with Gasteiger partial charge in [-0.15, -0.1) is 0 Å². The summed E-state index contributed by atoms with van der Waals surface area (Å²) in [5.74, 6) is 0.529. The lowest BCUT2D eigenvalue weighted by atomic mass is 10.5. The molecule has 0 saturated carbocycles. The topological polar surface area (TPSA) is 72.3 Å². The van der Waals surface area contributed by atoms with E-state index in [1.807, 2.05) is 6.07 Å². The molecular weight excluding hydrogens is 168 g/mol. The van der Waals surface area contributed by atoms with Gasteiger partial charge in [0.1, 0.15) is 11.8 Å². The van der Waals surface area contributed by atoms with Crippen molar-refractivity contribution in [3.63, 3.8) is 0 Å². The third kappa shape index (κ3) is 1.06. The number of nitriles is 1. The van der Waals surface area contributed by atoms with E-state index in [2.05, 4.69) is 15.5 Å². The maximum Gasteiger partial charge on any atom is 0.254 e. The van der Waals surface area contributed by atoms with Crippen LogP contribution in [-0.2, 0) is 7.05 Å². The van der Waals surface area contributed by atoms with Crippen molar-refractivity contribution in [2.75, 3.05) is 0 Å². The van der Waals surface area contributed by atoms with E-state index in [-0.39, 0.29) is 0 Å². The lowest BCUT2D eigenvalue weighted by Gasteiger charge is -1.99. The molecule has 0 atom stereocenters. The summed E-state index contributed by atoms with van der Waals surface area (Å²) in [6, 6.07) is 5.52. The molecule has 0 bridgehead atoms. The van der Waals surface area contributed by atoms with Crippen molar-refractivity contribution in [3.8, 4) is 12.0 Å². The lowest BCUT2D eigenvalue weighted by Crippen LogP contribution is -2.04. The number of hydrogen-bond donors (Lipinski definition) is 0. The molecule has 2 heterocycles. The van der Waals surface area contributed by atoms with Crippen molar-refractivity contribution >= 4 is 0 Å². The summed E-state index contributed by atoms with van der Waals surface area (Å²) in [7, 11) is 1.72. The van der Waals surface area contributed by atoms with Gasteiger partial charge in [-0.05, 0) is 22.6 Å². The quantitative estimate of drug-likeness (QED) is 0.603. The van der Waals surface area contributed by atoms with Crippen molar-refractivity contribution in [2.24, 2.45) is 7.05 Å². The SMILES string of the molecule is Cn1nnnc1-n1cccc1C#N. The van der Waals surface area contributed by atoms with Gasteiger partial charge in [0.2, 0.25) is 0 Å². The molecule has 0 amide bonds. The van der Waals surface area contributed by atoms with E-state index in [4.69, 9.17) is 5.26 Å². The minimum atomic E-state index is 0.512. The van der Waals surface area contributed by atoms with Crippen molar-refractivity contribution < 1.29 is 0 Å². The van der Waals surface area contributed by atoms with Crippen LogP contribution in [0.4, 0.5) is 0 Å². The van der Waals surface area contributed by atoms with Crippen LogP contribution in [0.15, 0.2) is 18.3 Å². The highest BCUT2D eigenvalue weighted by atomic mass is 15.6. The Morgan fingerprint density at radius 1 is 1.54 bits per heavy atom. The molecule has 6 nitrogen and oxygen atoms in total. The molecule has 2 aromatic rings. The van der Waals surface area contributed by atoms with Gasteiger partial charge in [0, 0.05) is 13.2 Å². The molecule has 0 saturated heterocycles. The van der Waals surface area contributed by atoms with Crippen LogP contribution in [0.25, 0.3) is 5.95 Å². The fraction of sp³-hybridized carbons (Fsp3) is 0.143. The van der Waals surface area contributed by atoms with Crippen molar-refractivity contribution in [1.29, 1.82) is 5.26 Å². The molecule has 0 N–H and O–H groups in total. The molecule has 0 aromatic carbocycles. The summed E-state index contributed by atoms with van der Waals surface area (Å²) in [5.41, 5.74) is 0.512. The van der Waals surface area contributed by atoms with E-state index in [0.717, 1.165) is 0 Å². The standard InChI is InChI=1S/C7H6N6/c1-12-7(9-10-11-12)13-4-2-3-6(13)5-8/h2-4H,1H3. The molecule has 6 heteroatoms. The van der Waals surface area contributed by atoms with Gasteiger partial charge in [0.15, 0.2) is 0 Å². The van der Waals surface area contributed by atoms with Crippen LogP contribution in [0.3, 0.4) is 0 Å². The second-order valence-corrected chi connectivity index (χ2v) is 2.48. The molecule has 0 spiro atoms. The molecule has 0 fully saturated rings. The molecule has 2 rings (SSSR count). The Labute approximate surface area is 74.0 Å². The average molecular weight is 174 g/mol. The monoisotopic (exact) mass is 174 g/mol. The highest BCUT2D eigenvalue weighted by molar-refractivity contribution is 5.29. The average Bonchev–Trinajstić information content (AvgIpc) is 2.71. The van der Waals surface area contributed by atoms with Crippen molar-refractivity contribution in [1.82, 2.24) is 24.8 Å². The van der Waals surface area contributed by atoms with E-state index in [9.17, 15) is 0 Å². The zero-order valence-corrected chi connectivity index (χ0v) is 6.92. The second kappa shape index (κ2) is 2.71. The van der Waals surface area contributed by atoms with Crippen LogP contribution < -0.4 is 0 Å². The first kappa shape index (κ1) is 7.49. The van der Waals surface area contributed by atoms with Gasteiger partial charge in [0.25, 0.3) is 5.95 Å². The van der Waals surface area contributed by atoms with Crippen LogP contribution in [0.5, 0.6) is 0 Å². The van der Waals surface area contributed by atoms with Crippen molar-refractivity contribution in [2.45, 2.75) is 0 Å². The van der Waals surface area contributed by atoms with Gasteiger partial charge >= 0.3 is 0 Å². The normalized spacial score (nSPS) is 9.85. The second-order valence-electron chi connectivity index (χ2n) is 2.48. The van der Waals surface area contributed by atoms with Gasteiger partial charge in [-0.2, -0.15) is 5.26 Å². The zero-order chi connectivity index (χ0) is 9.26. The summed E-state index contributed by atoms with van der Waals surface area (Å²) >= 11 is 0. The minimum absolute atomic E-state index is 0.512. The highest BCUT2D eigenvalue weighted by Crippen LogP contribution is 2.06. The number of aryl methyl sites for hydroxylation is 1. The fourth-order valence-electron chi connectivity index (χ4n) is 1.08. The molecule has 0 unspecified atom stereocenters. The van der Waals surface area contributed by atoms with Gasteiger partial charge in [0.05, 0.1) is 0 Å². The fourth-order valence-corrected chi connectivity index (χ4v) is 1.08. The summed E-state index contributed by atoms with van der Waals surface area (Å²) < 4.78 is 3.13. The molecule has 0 aliphatic carbocycles. The Kier molecular flexibility index (Phi) is 1.56. The lowest BCUT2D eigenvalue weighted by molar-refractivity contribution is 0.690. The first-order valence-corrected chi connectivity index (χ1v) is 3.63. The highest BCUT2D eigenvalue weighted by Gasteiger charge is 2.07. The molecule has 13 heavy (non-hydrogen) atoms. The Morgan fingerprint density at radius 2 is 2.38 bits per heavy atom. The molecule has 2 aromatic heterocycles. The molecule has 64 valence electrons. The number of nitrogens with zero attached hydrogens (tertiary/aromatic N) is 6. The van der Waals surface area contributed by atoms with E-state index >= 15 is 0 Å². The van der Waals surface area contributed by atoms with Crippen LogP contribution in [0.2, 0.25) is 0 Å². The molecule has 0 aliphatic rings. The van der Waals surface area contributed by atoms with Crippen LogP contribution >= 0.6 is 0 Å². The summed E-state index contributed by atoms with van der Waals surface area (Å²) in [6.07, 6.45) is 1.74. The Morgan fingerprint density at radius 3 is 3.00 bits per heavy atom. The maximum atomic E-state index is 8.75. The molecular formula is C7H6N6. The number of aromatic nitrogens is 5. The maximum absolute atomic E-state index is 8.75. The first-order chi connectivity index (χ1) is 6.33. The van der Waals surface area contributed by atoms with E-state index in [1.165, 1.54) is 4.68 Å². The summed E-state index contributed by atoms with van der Waals surface area (Å²) in [5, 5.41) is 19.7. The van der Waals surface area contributed by atoms with Crippen LogP contribution in [-0.4, -0.2) is 24.8 Å². The smallest absolute Gasteiger partial charge is 0.254 e. The van der Waals surface area contributed by atoms with E-state index in [0.29, 0.717) is 11.6 Å². The van der Waals surface area contributed by atoms with Gasteiger partial charge < -0.3 is 0 Å². The zero-order valence-electron chi connectivity index (χ0n) is 6.92. The predicted molar refractivity (Wildman–Crippen MR) is 42.8 cm³/mol. The van der Waals surface area contributed by atoms with Crippen molar-refractivity contribution in [3.05, 3.63) is 24.0 Å². The third-order valence-corrected chi connectivity index (χ3v) is 1.68. The van der Waals surface area contributed by atoms with Crippen LogP contribution in [0, 0.1) is 11.3 Å². The minimum Gasteiger partial charge on any atom is -0.275 e. The summed E-state index contributed by atoms with van der Waals surface area (Å²) in [4.78, 5) is 0.